The van der Waals surface area contributed by atoms with E-state index in [0.29, 0.717) is 4.88 Å². The lowest BCUT2D eigenvalue weighted by Crippen LogP contribution is -2.33. The number of anilines is 1. The minimum absolute atomic E-state index is 0.199. The second kappa shape index (κ2) is 7.96. The first-order valence-electron chi connectivity index (χ1n) is 8.26. The van der Waals surface area contributed by atoms with Crippen LogP contribution >= 0.6 is 34.9 Å². The highest BCUT2D eigenvalue weighted by molar-refractivity contribution is 7.80. The number of aromatic nitrogens is 1. The second-order valence-electron chi connectivity index (χ2n) is 5.83. The van der Waals surface area contributed by atoms with E-state index in [9.17, 15) is 4.79 Å². The van der Waals surface area contributed by atoms with Gasteiger partial charge in [0.25, 0.3) is 5.91 Å². The Kier molecular flexibility index (Phi) is 5.24. The van der Waals surface area contributed by atoms with Gasteiger partial charge in [-0.1, -0.05) is 30.3 Å². The number of rotatable bonds is 4. The summed E-state index contributed by atoms with van der Waals surface area (Å²) < 4.78 is 1.21. The van der Waals surface area contributed by atoms with Gasteiger partial charge in [-0.3, -0.25) is 10.1 Å². The molecule has 4 nitrogen and oxygen atoms in total. The lowest BCUT2D eigenvalue weighted by atomic mass is 10.1. The maximum absolute atomic E-state index is 12.0. The number of nitrogens with zero attached hydrogens (tertiary/aromatic N) is 1. The zero-order valence-corrected chi connectivity index (χ0v) is 16.6. The monoisotopic (exact) mass is 409 g/mol. The van der Waals surface area contributed by atoms with Gasteiger partial charge in [0.1, 0.15) is 0 Å². The predicted octanol–water partition coefficient (Wildman–Crippen LogP) is 5.08. The number of hydrogen-bond acceptors (Lipinski definition) is 5. The molecule has 0 aliphatic heterocycles. The van der Waals surface area contributed by atoms with Crippen molar-refractivity contribution >= 4 is 61.8 Å². The number of thiophene rings is 1. The van der Waals surface area contributed by atoms with Gasteiger partial charge < -0.3 is 5.32 Å². The molecule has 4 aromatic rings. The Balaban J connectivity index is 1.37. The highest BCUT2D eigenvalue weighted by atomic mass is 32.1. The van der Waals surface area contributed by atoms with Crippen molar-refractivity contribution in [2.45, 2.75) is 6.42 Å². The number of amides is 1. The lowest BCUT2D eigenvalue weighted by molar-refractivity contribution is 0.0981. The van der Waals surface area contributed by atoms with Crippen molar-refractivity contribution in [3.05, 3.63) is 81.5 Å². The number of benzene rings is 2. The highest BCUT2D eigenvalue weighted by Gasteiger charge is 2.09. The average Bonchev–Trinajstić information content (AvgIpc) is 3.32. The minimum Gasteiger partial charge on any atom is -0.332 e. The van der Waals surface area contributed by atoms with E-state index in [0.717, 1.165) is 22.6 Å². The van der Waals surface area contributed by atoms with Crippen LogP contribution in [-0.4, -0.2) is 16.0 Å². The quantitative estimate of drug-likeness (QED) is 0.462. The molecule has 2 heterocycles. The van der Waals surface area contributed by atoms with Crippen LogP contribution in [0.15, 0.2) is 66.0 Å². The summed E-state index contributed by atoms with van der Waals surface area (Å²) in [5, 5.41) is 8.96. The first-order valence-corrected chi connectivity index (χ1v) is 10.4. The molecule has 2 N–H and O–H groups in total. The standard InChI is InChI=1S/C20H15N3OS3/c24-19(17-6-3-11-26-17)23-20(25)21-14-9-7-13(8-10-14)12-18-22-15-4-1-2-5-16(15)27-18/h1-11H,12H2,(H2,21,23,24,25). The van der Waals surface area contributed by atoms with E-state index in [-0.39, 0.29) is 11.0 Å². The largest absolute Gasteiger partial charge is 0.332 e. The number of carbonyl (C=O) groups is 1. The number of nitrogens with one attached hydrogen (secondary N) is 2. The number of carbonyl (C=O) groups excluding carboxylic acids is 1. The number of hydrogen-bond donors (Lipinski definition) is 2. The minimum atomic E-state index is -0.199. The zero-order chi connectivity index (χ0) is 18.6. The van der Waals surface area contributed by atoms with Gasteiger partial charge in [0, 0.05) is 12.1 Å². The summed E-state index contributed by atoms with van der Waals surface area (Å²) in [5.41, 5.74) is 3.05. The Morgan fingerprint density at radius 3 is 2.59 bits per heavy atom. The summed E-state index contributed by atoms with van der Waals surface area (Å²) >= 11 is 8.31. The molecule has 0 radical (unpaired) electrons. The first-order chi connectivity index (χ1) is 13.2. The summed E-state index contributed by atoms with van der Waals surface area (Å²) in [7, 11) is 0. The molecule has 134 valence electrons. The first kappa shape index (κ1) is 17.8. The summed E-state index contributed by atoms with van der Waals surface area (Å²) in [4.78, 5) is 17.3. The summed E-state index contributed by atoms with van der Waals surface area (Å²) in [5.74, 6) is -0.199. The van der Waals surface area contributed by atoms with Gasteiger partial charge in [0.15, 0.2) is 5.11 Å². The van der Waals surface area contributed by atoms with Crippen molar-refractivity contribution in [2.24, 2.45) is 0 Å². The Bertz CT molecular complexity index is 1050. The SMILES string of the molecule is O=C(NC(=S)Nc1ccc(Cc2nc3ccccc3s2)cc1)c1cccs1. The molecule has 0 atom stereocenters. The van der Waals surface area contributed by atoms with E-state index in [2.05, 4.69) is 21.7 Å². The molecule has 0 saturated heterocycles. The zero-order valence-electron chi connectivity index (χ0n) is 14.1. The fraction of sp³-hybridized carbons (Fsp3) is 0.0500. The van der Waals surface area contributed by atoms with Gasteiger partial charge in [-0.05, 0) is 53.5 Å². The van der Waals surface area contributed by atoms with Gasteiger partial charge in [-0.25, -0.2) is 4.98 Å². The molecule has 0 fully saturated rings. The van der Waals surface area contributed by atoms with E-state index < -0.39 is 0 Å². The molecule has 0 bridgehead atoms. The third-order valence-corrected chi connectivity index (χ3v) is 5.99. The Labute approximate surface area is 169 Å². The van der Waals surface area contributed by atoms with E-state index >= 15 is 0 Å². The molecule has 0 saturated carbocycles. The van der Waals surface area contributed by atoms with Gasteiger partial charge in [0.05, 0.1) is 20.1 Å². The average molecular weight is 410 g/mol. The molecule has 2 aromatic heterocycles. The van der Waals surface area contributed by atoms with E-state index in [1.54, 1.807) is 17.4 Å². The maximum Gasteiger partial charge on any atom is 0.267 e. The van der Waals surface area contributed by atoms with Crippen LogP contribution in [0.5, 0.6) is 0 Å². The van der Waals surface area contributed by atoms with Crippen molar-refractivity contribution in [3.63, 3.8) is 0 Å². The van der Waals surface area contributed by atoms with Crippen molar-refractivity contribution in [1.82, 2.24) is 10.3 Å². The number of thiazole rings is 1. The summed E-state index contributed by atoms with van der Waals surface area (Å²) in [6, 6.07) is 19.7. The van der Waals surface area contributed by atoms with Crippen molar-refractivity contribution in [1.29, 1.82) is 0 Å². The smallest absolute Gasteiger partial charge is 0.267 e. The van der Waals surface area contributed by atoms with Gasteiger partial charge in [-0.2, -0.15) is 0 Å². The fourth-order valence-electron chi connectivity index (χ4n) is 2.61. The fourth-order valence-corrected chi connectivity index (χ4v) is 4.44. The summed E-state index contributed by atoms with van der Waals surface area (Å²) in [6.45, 7) is 0. The van der Waals surface area contributed by atoms with Crippen molar-refractivity contribution in [2.75, 3.05) is 5.32 Å². The van der Waals surface area contributed by atoms with Crippen LogP contribution in [0.25, 0.3) is 10.2 Å². The Hall–Kier alpha value is -2.61. The van der Waals surface area contributed by atoms with Crippen LogP contribution in [0.1, 0.15) is 20.2 Å². The third kappa shape index (κ3) is 4.39. The van der Waals surface area contributed by atoms with Crippen molar-refractivity contribution in [3.8, 4) is 0 Å². The topological polar surface area (TPSA) is 54.0 Å². The predicted molar refractivity (Wildman–Crippen MR) is 117 cm³/mol. The van der Waals surface area contributed by atoms with Gasteiger partial charge in [-0.15, -0.1) is 22.7 Å². The third-order valence-electron chi connectivity index (χ3n) is 3.88. The molecule has 0 spiro atoms. The van der Waals surface area contributed by atoms with Crippen LogP contribution in [0, 0.1) is 0 Å². The van der Waals surface area contributed by atoms with Gasteiger partial charge in [0.2, 0.25) is 0 Å². The molecule has 4 rings (SSSR count). The molecule has 0 unspecified atom stereocenters. The molecule has 27 heavy (non-hydrogen) atoms. The van der Waals surface area contributed by atoms with Crippen molar-refractivity contribution < 1.29 is 4.79 Å². The molecule has 1 amide bonds. The number of thiocarbonyl (C=S) groups is 1. The molecule has 0 aliphatic carbocycles. The molecular weight excluding hydrogens is 394 g/mol. The Morgan fingerprint density at radius 1 is 1.04 bits per heavy atom. The van der Waals surface area contributed by atoms with E-state index in [1.807, 2.05) is 53.9 Å². The summed E-state index contributed by atoms with van der Waals surface area (Å²) in [6.07, 6.45) is 0.791. The lowest BCUT2D eigenvalue weighted by Gasteiger charge is -2.09. The molecule has 0 aliphatic rings. The van der Waals surface area contributed by atoms with Crippen LogP contribution in [-0.2, 0) is 6.42 Å². The highest BCUT2D eigenvalue weighted by Crippen LogP contribution is 2.24. The molecular formula is C20H15N3OS3. The molecule has 2 aromatic carbocycles. The van der Waals surface area contributed by atoms with Crippen LogP contribution in [0.4, 0.5) is 5.69 Å². The Morgan fingerprint density at radius 2 is 1.85 bits per heavy atom. The van der Waals surface area contributed by atoms with Crippen LogP contribution in [0.3, 0.4) is 0 Å². The van der Waals surface area contributed by atoms with E-state index in [4.69, 9.17) is 12.2 Å². The second-order valence-corrected chi connectivity index (χ2v) is 8.31. The van der Waals surface area contributed by atoms with E-state index in [1.165, 1.54) is 21.6 Å². The van der Waals surface area contributed by atoms with Crippen LogP contribution < -0.4 is 10.6 Å². The molecule has 7 heteroatoms. The van der Waals surface area contributed by atoms with Gasteiger partial charge >= 0.3 is 0 Å². The normalized spacial score (nSPS) is 10.7. The number of fused-ring (bicyclic) bond motifs is 1. The maximum atomic E-state index is 12.0. The number of para-hydroxylation sites is 1. The van der Waals surface area contributed by atoms with Crippen LogP contribution in [0.2, 0.25) is 0 Å².